The first-order valence-electron chi connectivity index (χ1n) is 28.8. The van der Waals surface area contributed by atoms with E-state index in [1.54, 1.807) is 24.4 Å². The largest absolute Gasteiger partial charge is 0.456 e. The molecule has 0 amide bonds. The van der Waals surface area contributed by atoms with E-state index in [4.69, 9.17) is 32.9 Å². The van der Waals surface area contributed by atoms with E-state index in [9.17, 15) is 5.48 Å². The fourth-order valence-electron chi connectivity index (χ4n) is 9.15. The number of rotatable bonds is 8. The molecule has 4 heterocycles. The topological polar surface area (TPSA) is 72.2 Å². The second kappa shape index (κ2) is 17.4. The first kappa shape index (κ1) is 35.1. The molecule has 0 spiro atoms. The van der Waals surface area contributed by atoms with Crippen LogP contribution in [0, 0.1) is 0 Å². The molecular weight excluding hydrogens is 871 g/mol. The fraction of sp³-hybridized carbons (Fsp3) is 0.206. The van der Waals surface area contributed by atoms with Crippen LogP contribution in [0.15, 0.2) is 182 Å². The van der Waals surface area contributed by atoms with E-state index in [0.29, 0.717) is 45.9 Å². The first-order chi connectivity index (χ1) is 38.2. The van der Waals surface area contributed by atoms with Crippen molar-refractivity contribution in [3.05, 3.63) is 199 Å². The second-order valence-electron chi connectivity index (χ2n) is 21.0. The zero-order chi connectivity index (χ0) is 57.9. The van der Waals surface area contributed by atoms with Crippen LogP contribution in [0.3, 0.4) is 0 Å². The van der Waals surface area contributed by atoms with Gasteiger partial charge in [-0.25, -0.2) is 19.9 Å². The van der Waals surface area contributed by atoms with Gasteiger partial charge in [0.05, 0.1) is 47.4 Å². The van der Waals surface area contributed by atoms with Crippen molar-refractivity contribution in [3.8, 4) is 51.0 Å². The molecule has 10 aromatic rings. The molecule has 8 heteroatoms. The summed E-state index contributed by atoms with van der Waals surface area (Å²) in [6, 6.07) is 31.7. The Morgan fingerprint density at radius 3 is 1.73 bits per heavy atom. The third-order valence-corrected chi connectivity index (χ3v) is 12.8. The molecule has 0 N–H and O–H groups in total. The molecule has 352 valence electrons. The van der Waals surface area contributed by atoms with Gasteiger partial charge in [0.15, 0.2) is 5.82 Å². The van der Waals surface area contributed by atoms with Gasteiger partial charge >= 0.3 is 0 Å². The number of hydrogen-bond donors (Lipinski definition) is 0. The molecule has 0 saturated carbocycles. The van der Waals surface area contributed by atoms with Gasteiger partial charge in [0.25, 0.3) is 0 Å². The van der Waals surface area contributed by atoms with Crippen LogP contribution in [-0.4, -0.2) is 31.2 Å². The van der Waals surface area contributed by atoms with Crippen LogP contribution >= 0.6 is 0 Å². The Balaban J connectivity index is 1.14. The highest BCUT2D eigenvalue weighted by Crippen LogP contribution is 2.51. The first-order valence-corrected chi connectivity index (χ1v) is 23.8. The molecule has 0 atom stereocenters. The Morgan fingerprint density at radius 2 is 1.13 bits per heavy atom. The summed E-state index contributed by atoms with van der Waals surface area (Å²) >= 11 is 0. The summed E-state index contributed by atoms with van der Waals surface area (Å²) in [7, 11) is 0. The van der Waals surface area contributed by atoms with Crippen LogP contribution < -0.4 is 14.5 Å². The molecule has 0 radical (unpaired) electrons. The minimum absolute atomic E-state index is 0.0606. The van der Waals surface area contributed by atoms with Crippen LogP contribution in [0.25, 0.3) is 61.3 Å². The molecule has 0 aliphatic carbocycles. The maximum absolute atomic E-state index is 9.20. The SMILES string of the molecule is [2H]c1c([2H])c([2H])c(-c2cccc(-c3c([2H])c([2H])c([2H])c([2H])c3[2H])c2N2CN(c3cc(Oc4cc5c(cc4-c4nc(C(C)(C)C)nc(C(C)(C)C)n4)c4ccccc4n5-c4ccccn4)cc(C(C)(C)C)c3)c3ccccc32)c([2H])c1[2H]. The fourth-order valence-corrected chi connectivity index (χ4v) is 9.15. The lowest BCUT2D eigenvalue weighted by Crippen LogP contribution is -2.25. The van der Waals surface area contributed by atoms with E-state index in [1.165, 1.54) is 0 Å². The van der Waals surface area contributed by atoms with Crippen molar-refractivity contribution in [2.75, 3.05) is 16.5 Å². The van der Waals surface area contributed by atoms with E-state index in [-0.39, 0.29) is 34.6 Å². The van der Waals surface area contributed by atoms with E-state index in [0.717, 1.165) is 38.9 Å². The van der Waals surface area contributed by atoms with Crippen LogP contribution in [0.1, 0.15) is 93.2 Å². The van der Waals surface area contributed by atoms with Crippen molar-refractivity contribution < 1.29 is 18.4 Å². The van der Waals surface area contributed by atoms with Gasteiger partial charge in [-0.15, -0.1) is 0 Å². The number of benzene rings is 7. The van der Waals surface area contributed by atoms with E-state index in [1.807, 2.05) is 77.7 Å². The quantitative estimate of drug-likeness (QED) is 0.150. The van der Waals surface area contributed by atoms with Crippen LogP contribution in [0.2, 0.25) is 0 Å². The normalized spacial score (nSPS) is 15.0. The zero-order valence-electron chi connectivity index (χ0n) is 51.3. The second-order valence-corrected chi connectivity index (χ2v) is 21.0. The van der Waals surface area contributed by atoms with Crippen LogP contribution in [0.5, 0.6) is 11.5 Å². The summed E-state index contributed by atoms with van der Waals surface area (Å²) < 4.78 is 98.1. The van der Waals surface area contributed by atoms with Crippen LogP contribution in [0.4, 0.5) is 22.7 Å². The third-order valence-electron chi connectivity index (χ3n) is 12.8. The predicted molar refractivity (Wildman–Crippen MR) is 293 cm³/mol. The number of nitrogens with zero attached hydrogens (tertiary/aromatic N) is 7. The summed E-state index contributed by atoms with van der Waals surface area (Å²) in [6.45, 7) is 18.9. The highest BCUT2D eigenvalue weighted by Gasteiger charge is 2.33. The molecule has 1 aliphatic heterocycles. The van der Waals surface area contributed by atoms with Gasteiger partial charge in [0.1, 0.15) is 35.6 Å². The summed E-state index contributed by atoms with van der Waals surface area (Å²) in [5.41, 5.74) is 4.64. The molecule has 0 saturated heterocycles. The summed E-state index contributed by atoms with van der Waals surface area (Å²) in [4.78, 5) is 24.2. The Hall–Kier alpha value is -8.10. The number of aromatic nitrogens is 5. The predicted octanol–water partition coefficient (Wildman–Crippen LogP) is 16.3. The number of hydrogen-bond acceptors (Lipinski definition) is 7. The monoisotopic (exact) mass is 940 g/mol. The summed E-state index contributed by atoms with van der Waals surface area (Å²) in [6.07, 6.45) is 1.77. The number of para-hydroxylation sites is 4. The smallest absolute Gasteiger partial charge is 0.167 e. The van der Waals surface area contributed by atoms with Gasteiger partial charge in [-0.3, -0.25) is 4.57 Å². The average molecular weight is 940 g/mol. The Labute approximate surface area is 431 Å². The number of anilines is 4. The Morgan fingerprint density at radius 1 is 0.521 bits per heavy atom. The average Bonchev–Trinajstić information content (AvgIpc) is 4.25. The number of fused-ring (bicyclic) bond motifs is 4. The third kappa shape index (κ3) is 8.47. The highest BCUT2D eigenvalue weighted by molar-refractivity contribution is 6.11. The molecule has 71 heavy (non-hydrogen) atoms. The number of ether oxygens (including phenoxy) is 1. The van der Waals surface area contributed by atoms with Crippen molar-refractivity contribution in [2.24, 2.45) is 0 Å². The van der Waals surface area contributed by atoms with Gasteiger partial charge in [0, 0.05) is 56.7 Å². The lowest BCUT2D eigenvalue weighted by atomic mass is 9.86. The molecule has 8 nitrogen and oxygen atoms in total. The maximum Gasteiger partial charge on any atom is 0.167 e. The summed E-state index contributed by atoms with van der Waals surface area (Å²) in [5.74, 6) is 3.42. The lowest BCUT2D eigenvalue weighted by molar-refractivity contribution is 0.478. The standard InChI is InChI=1S/C63H59N7O/c1-61(2,3)43-35-44(68-40-69(53-32-19-18-31-52(53)68)57-46(41-23-12-10-13-24-41)28-22-29-47(57)42-25-14-11-15-26-42)37-45(36-43)71-55-39-54-49(48-27-16-17-30-51(48)70(54)56-33-20-21-34-64-56)38-50(55)58-65-59(62(4,5)6)67-60(66-58)63(7,8)9/h10-39H,40H2,1-9H3/i10D,11D,12D,13D,14D,15D,23D,24D,25D,26D. The van der Waals surface area contributed by atoms with Gasteiger partial charge in [-0.1, -0.05) is 177 Å². The van der Waals surface area contributed by atoms with E-state index >= 15 is 0 Å². The van der Waals surface area contributed by atoms with Gasteiger partial charge in [-0.05, 0) is 70.6 Å². The van der Waals surface area contributed by atoms with Crippen molar-refractivity contribution in [3.63, 3.8) is 0 Å². The Kier molecular flexibility index (Phi) is 8.59. The van der Waals surface area contributed by atoms with E-state index < -0.39 is 76.7 Å². The zero-order valence-corrected chi connectivity index (χ0v) is 41.3. The molecular formula is C63H59N7O. The van der Waals surface area contributed by atoms with Crippen molar-refractivity contribution in [1.82, 2.24) is 24.5 Å². The molecule has 3 aromatic heterocycles. The Bertz CT molecular complexity index is 4040. The van der Waals surface area contributed by atoms with E-state index in [2.05, 4.69) is 96.0 Å². The molecule has 1 aliphatic rings. The minimum atomic E-state index is -0.563. The van der Waals surface area contributed by atoms with Crippen molar-refractivity contribution in [2.45, 2.75) is 78.6 Å². The molecule has 11 rings (SSSR count). The van der Waals surface area contributed by atoms with Crippen molar-refractivity contribution >= 4 is 44.6 Å². The molecule has 0 fully saturated rings. The van der Waals surface area contributed by atoms with Crippen molar-refractivity contribution in [1.29, 1.82) is 0 Å². The molecule has 7 aromatic carbocycles. The van der Waals surface area contributed by atoms with Gasteiger partial charge in [0.2, 0.25) is 0 Å². The molecule has 0 bridgehead atoms. The summed E-state index contributed by atoms with van der Waals surface area (Å²) in [5, 5.41) is 1.95. The van der Waals surface area contributed by atoms with Gasteiger partial charge in [-0.2, -0.15) is 0 Å². The molecule has 0 unspecified atom stereocenters. The van der Waals surface area contributed by atoms with Gasteiger partial charge < -0.3 is 14.5 Å². The maximum atomic E-state index is 9.20. The number of pyridine rings is 1. The van der Waals surface area contributed by atoms with Crippen LogP contribution in [-0.2, 0) is 16.2 Å². The lowest BCUT2D eigenvalue weighted by Gasteiger charge is -2.28. The minimum Gasteiger partial charge on any atom is -0.456 e. The highest BCUT2D eigenvalue weighted by atomic mass is 16.5.